The van der Waals surface area contributed by atoms with Gasteiger partial charge in [0.1, 0.15) is 6.29 Å². The van der Waals surface area contributed by atoms with Crippen molar-refractivity contribution in [3.63, 3.8) is 0 Å². The third-order valence-corrected chi connectivity index (χ3v) is 3.86. The van der Waals surface area contributed by atoms with Crippen LogP contribution in [0, 0.1) is 0 Å². The first kappa shape index (κ1) is 20.3. The summed E-state index contributed by atoms with van der Waals surface area (Å²) in [5.41, 5.74) is 1.02. The lowest BCUT2D eigenvalue weighted by Gasteiger charge is -2.18. The van der Waals surface area contributed by atoms with Gasteiger partial charge in [-0.25, -0.2) is 0 Å². The third kappa shape index (κ3) is 6.00. The summed E-state index contributed by atoms with van der Waals surface area (Å²) >= 11 is 5.79. The zero-order chi connectivity index (χ0) is 19.8. The summed E-state index contributed by atoms with van der Waals surface area (Å²) in [5.74, 6) is -0.0603. The molecule has 0 unspecified atom stereocenters. The maximum Gasteiger partial charge on any atom is 0.260 e. The Morgan fingerprint density at radius 2 is 1.85 bits per heavy atom. The monoisotopic (exact) mass is 390 g/mol. The molecule has 2 rings (SSSR count). The van der Waals surface area contributed by atoms with Crippen molar-refractivity contribution in [2.75, 3.05) is 32.6 Å². The number of halogens is 1. The lowest BCUT2D eigenvalue weighted by Crippen LogP contribution is -2.37. The molecule has 0 spiro atoms. The van der Waals surface area contributed by atoms with Crippen molar-refractivity contribution in [3.8, 4) is 11.5 Å². The van der Waals surface area contributed by atoms with Crippen LogP contribution in [0.4, 0.5) is 5.69 Å². The van der Waals surface area contributed by atoms with E-state index < -0.39 is 0 Å². The number of rotatable bonds is 8. The number of anilines is 1. The second-order valence-electron chi connectivity index (χ2n) is 5.62. The highest BCUT2D eigenvalue weighted by atomic mass is 35.5. The summed E-state index contributed by atoms with van der Waals surface area (Å²) in [5, 5.41) is 3.24. The summed E-state index contributed by atoms with van der Waals surface area (Å²) in [6, 6.07) is 11.3. The molecule has 27 heavy (non-hydrogen) atoms. The molecular formula is C19H19ClN2O5. The SMILES string of the molecule is COc1cc(C=O)ccc1OCC(=O)N(C)CC(=O)Nc1ccc(Cl)cc1. The van der Waals surface area contributed by atoms with Gasteiger partial charge < -0.3 is 19.7 Å². The zero-order valence-corrected chi connectivity index (χ0v) is 15.7. The van der Waals surface area contributed by atoms with Gasteiger partial charge in [-0.3, -0.25) is 14.4 Å². The van der Waals surface area contributed by atoms with Crippen LogP contribution in [0.5, 0.6) is 11.5 Å². The van der Waals surface area contributed by atoms with Crippen molar-refractivity contribution in [2.24, 2.45) is 0 Å². The molecular weight excluding hydrogens is 372 g/mol. The van der Waals surface area contributed by atoms with Crippen LogP contribution in [0.1, 0.15) is 10.4 Å². The van der Waals surface area contributed by atoms with Gasteiger partial charge in [0.25, 0.3) is 5.91 Å². The Morgan fingerprint density at radius 3 is 2.48 bits per heavy atom. The van der Waals surface area contributed by atoms with Crippen molar-refractivity contribution in [1.29, 1.82) is 0 Å². The molecule has 0 fully saturated rings. The molecule has 2 aromatic carbocycles. The summed E-state index contributed by atoms with van der Waals surface area (Å²) < 4.78 is 10.6. The summed E-state index contributed by atoms with van der Waals surface area (Å²) in [7, 11) is 2.94. The second-order valence-corrected chi connectivity index (χ2v) is 6.06. The first-order chi connectivity index (χ1) is 12.9. The van der Waals surface area contributed by atoms with Crippen molar-refractivity contribution in [3.05, 3.63) is 53.1 Å². The number of methoxy groups -OCH3 is 1. The molecule has 8 heteroatoms. The average Bonchev–Trinajstić information content (AvgIpc) is 2.67. The molecule has 1 N–H and O–H groups in total. The quantitative estimate of drug-likeness (QED) is 0.700. The van der Waals surface area contributed by atoms with E-state index in [9.17, 15) is 14.4 Å². The van der Waals surface area contributed by atoms with Gasteiger partial charge in [-0.15, -0.1) is 0 Å². The van der Waals surface area contributed by atoms with Gasteiger partial charge in [-0.2, -0.15) is 0 Å². The van der Waals surface area contributed by atoms with Crippen LogP contribution in [-0.2, 0) is 9.59 Å². The third-order valence-electron chi connectivity index (χ3n) is 3.61. The molecule has 0 radical (unpaired) electrons. The number of hydrogen-bond acceptors (Lipinski definition) is 5. The molecule has 0 aliphatic carbocycles. The fraction of sp³-hybridized carbons (Fsp3) is 0.211. The van der Waals surface area contributed by atoms with Gasteiger partial charge in [-0.1, -0.05) is 11.6 Å². The van der Waals surface area contributed by atoms with E-state index in [-0.39, 0.29) is 25.0 Å². The molecule has 142 valence electrons. The number of nitrogens with zero attached hydrogens (tertiary/aromatic N) is 1. The number of benzene rings is 2. The minimum absolute atomic E-state index is 0.133. The summed E-state index contributed by atoms with van der Waals surface area (Å²) in [4.78, 5) is 36.2. The van der Waals surface area contributed by atoms with Gasteiger partial charge >= 0.3 is 0 Å². The zero-order valence-electron chi connectivity index (χ0n) is 14.9. The molecule has 0 heterocycles. The van der Waals surface area contributed by atoms with E-state index in [1.807, 2.05) is 0 Å². The van der Waals surface area contributed by atoms with Crippen LogP contribution in [0.15, 0.2) is 42.5 Å². The molecule has 0 aliphatic heterocycles. The van der Waals surface area contributed by atoms with E-state index in [2.05, 4.69) is 5.32 Å². The van der Waals surface area contributed by atoms with Crippen LogP contribution in [-0.4, -0.2) is 50.3 Å². The van der Waals surface area contributed by atoms with Crippen LogP contribution in [0.2, 0.25) is 5.02 Å². The number of aldehydes is 1. The minimum atomic E-state index is -0.386. The Hall–Kier alpha value is -3.06. The molecule has 0 saturated heterocycles. The Bertz CT molecular complexity index is 823. The highest BCUT2D eigenvalue weighted by molar-refractivity contribution is 6.30. The number of ether oxygens (including phenoxy) is 2. The fourth-order valence-corrected chi connectivity index (χ4v) is 2.29. The molecule has 7 nitrogen and oxygen atoms in total. The molecule has 0 aromatic heterocycles. The molecule has 0 bridgehead atoms. The molecule has 0 saturated carbocycles. The number of likely N-dealkylation sites (N-methyl/N-ethyl adjacent to an activating group) is 1. The van der Waals surface area contributed by atoms with Crippen molar-refractivity contribution in [1.82, 2.24) is 4.90 Å². The first-order valence-electron chi connectivity index (χ1n) is 7.98. The van der Waals surface area contributed by atoms with Crippen molar-refractivity contribution < 1.29 is 23.9 Å². The number of nitrogens with one attached hydrogen (secondary N) is 1. The van der Waals surface area contributed by atoms with Gasteiger partial charge in [0, 0.05) is 23.3 Å². The van der Waals surface area contributed by atoms with E-state index in [0.29, 0.717) is 34.1 Å². The van der Waals surface area contributed by atoms with E-state index in [0.717, 1.165) is 0 Å². The van der Waals surface area contributed by atoms with E-state index in [1.54, 1.807) is 36.4 Å². The maximum absolute atomic E-state index is 12.2. The standard InChI is InChI=1S/C19H19ClN2O5/c1-22(10-18(24)21-15-6-4-14(20)5-7-15)19(25)12-27-16-8-3-13(11-23)9-17(16)26-2/h3-9,11H,10,12H2,1-2H3,(H,21,24). The second kappa shape index (κ2) is 9.59. The largest absolute Gasteiger partial charge is 0.493 e. The predicted molar refractivity (Wildman–Crippen MR) is 102 cm³/mol. The van der Waals surface area contributed by atoms with Crippen LogP contribution in [0.3, 0.4) is 0 Å². The normalized spacial score (nSPS) is 10.0. The molecule has 0 aliphatic rings. The Balaban J connectivity index is 1.87. The maximum atomic E-state index is 12.2. The van der Waals surface area contributed by atoms with E-state index >= 15 is 0 Å². The smallest absolute Gasteiger partial charge is 0.260 e. The van der Waals surface area contributed by atoms with Gasteiger partial charge in [0.05, 0.1) is 13.7 Å². The predicted octanol–water partition coefficient (Wildman–Crippen LogP) is 2.64. The number of carbonyl (C=O) groups excluding carboxylic acids is 3. The highest BCUT2D eigenvalue weighted by Gasteiger charge is 2.15. The van der Waals surface area contributed by atoms with Gasteiger partial charge in [0.15, 0.2) is 18.1 Å². The minimum Gasteiger partial charge on any atom is -0.493 e. The Morgan fingerprint density at radius 1 is 1.15 bits per heavy atom. The highest BCUT2D eigenvalue weighted by Crippen LogP contribution is 2.27. The number of carbonyl (C=O) groups is 3. The van der Waals surface area contributed by atoms with E-state index in [4.69, 9.17) is 21.1 Å². The fourth-order valence-electron chi connectivity index (χ4n) is 2.16. The van der Waals surface area contributed by atoms with Crippen molar-refractivity contribution >= 4 is 35.4 Å². The lowest BCUT2D eigenvalue weighted by molar-refractivity contribution is -0.135. The molecule has 2 amide bonds. The van der Waals surface area contributed by atoms with Crippen LogP contribution in [0.25, 0.3) is 0 Å². The topological polar surface area (TPSA) is 84.9 Å². The first-order valence-corrected chi connectivity index (χ1v) is 8.36. The number of hydrogen-bond donors (Lipinski definition) is 1. The van der Waals surface area contributed by atoms with Crippen molar-refractivity contribution in [2.45, 2.75) is 0 Å². The van der Waals surface area contributed by atoms with Gasteiger partial charge in [0.2, 0.25) is 5.91 Å². The Kier molecular flexibility index (Phi) is 7.19. The number of amides is 2. The lowest BCUT2D eigenvalue weighted by atomic mass is 10.2. The van der Waals surface area contributed by atoms with Gasteiger partial charge in [-0.05, 0) is 42.5 Å². The average molecular weight is 391 g/mol. The molecule has 0 atom stereocenters. The van der Waals surface area contributed by atoms with E-state index in [1.165, 1.54) is 25.1 Å². The summed E-state index contributed by atoms with van der Waals surface area (Å²) in [6.07, 6.45) is 0.685. The van der Waals surface area contributed by atoms with Crippen LogP contribution < -0.4 is 14.8 Å². The van der Waals surface area contributed by atoms with Crippen LogP contribution >= 0.6 is 11.6 Å². The Labute approximate surface area is 161 Å². The molecule has 2 aromatic rings. The summed E-state index contributed by atoms with van der Waals surface area (Å²) in [6.45, 7) is -0.409.